The van der Waals surface area contributed by atoms with Crippen LogP contribution in [0.1, 0.15) is 19.1 Å². The minimum absolute atomic E-state index is 0.00671. The molecular weight excluding hydrogens is 370 g/mol. The second-order valence-corrected chi connectivity index (χ2v) is 8.18. The maximum atomic E-state index is 12.2. The SMILES string of the molecule is CC(=O)OCCCN1C(=O)C/S(=C\c2ccc(-c3ccccc3)o2)C1=S. The Morgan fingerprint density at radius 2 is 2.08 bits per heavy atom. The van der Waals surface area contributed by atoms with Gasteiger partial charge in [0.15, 0.2) is 0 Å². The number of ether oxygens (including phenoxy) is 1. The number of thiocarbonyl (C=S) groups is 1. The van der Waals surface area contributed by atoms with Crippen LogP contribution in [0.25, 0.3) is 11.3 Å². The van der Waals surface area contributed by atoms with Crippen molar-refractivity contribution in [1.29, 1.82) is 0 Å². The van der Waals surface area contributed by atoms with Gasteiger partial charge in [0.25, 0.3) is 0 Å². The Balaban J connectivity index is 1.66. The van der Waals surface area contributed by atoms with E-state index in [4.69, 9.17) is 21.4 Å². The van der Waals surface area contributed by atoms with Crippen LogP contribution in [0.15, 0.2) is 46.9 Å². The number of amides is 1. The van der Waals surface area contributed by atoms with Gasteiger partial charge in [-0.1, -0.05) is 42.5 Å². The molecule has 0 saturated carbocycles. The third-order valence-corrected chi connectivity index (χ3v) is 6.41. The molecule has 1 aliphatic rings. The predicted molar refractivity (Wildman–Crippen MR) is 107 cm³/mol. The second kappa shape index (κ2) is 8.42. The predicted octanol–water partition coefficient (Wildman–Crippen LogP) is 3.45. The molecule has 136 valence electrons. The van der Waals surface area contributed by atoms with Crippen molar-refractivity contribution in [1.82, 2.24) is 4.90 Å². The molecule has 1 amide bonds. The number of carbonyl (C=O) groups is 2. The fourth-order valence-corrected chi connectivity index (χ4v) is 4.70. The van der Waals surface area contributed by atoms with Gasteiger partial charge in [-0.15, -0.1) is 10.5 Å². The minimum atomic E-state index is -0.459. The molecule has 1 fully saturated rings. The van der Waals surface area contributed by atoms with Crippen molar-refractivity contribution in [3.63, 3.8) is 0 Å². The van der Waals surface area contributed by atoms with E-state index in [0.717, 1.165) is 11.3 Å². The molecule has 1 aromatic carbocycles. The molecule has 1 atom stereocenters. The number of rotatable bonds is 6. The van der Waals surface area contributed by atoms with Crippen molar-refractivity contribution in [3.05, 3.63) is 48.2 Å². The Labute approximate surface area is 159 Å². The summed E-state index contributed by atoms with van der Waals surface area (Å²) in [6, 6.07) is 13.7. The third-order valence-electron chi connectivity index (χ3n) is 3.80. The quantitative estimate of drug-likeness (QED) is 0.430. The van der Waals surface area contributed by atoms with Crippen molar-refractivity contribution in [2.75, 3.05) is 18.9 Å². The highest BCUT2D eigenvalue weighted by molar-refractivity contribution is 8.35. The molecule has 0 spiro atoms. The Morgan fingerprint density at radius 3 is 2.81 bits per heavy atom. The number of esters is 1. The van der Waals surface area contributed by atoms with Gasteiger partial charge in [-0.25, -0.2) is 0 Å². The molecule has 26 heavy (non-hydrogen) atoms. The minimum Gasteiger partial charge on any atom is -0.466 e. The topological polar surface area (TPSA) is 59.8 Å². The zero-order valence-corrected chi connectivity index (χ0v) is 16.0. The van der Waals surface area contributed by atoms with Gasteiger partial charge in [-0.2, -0.15) is 0 Å². The zero-order valence-electron chi connectivity index (χ0n) is 14.3. The van der Waals surface area contributed by atoms with Gasteiger partial charge < -0.3 is 9.15 Å². The third kappa shape index (κ3) is 4.47. The summed E-state index contributed by atoms with van der Waals surface area (Å²) in [5, 5.41) is 1.93. The number of furan rings is 1. The lowest BCUT2D eigenvalue weighted by atomic mass is 10.2. The number of hydrogen-bond donors (Lipinski definition) is 0. The van der Waals surface area contributed by atoms with Gasteiger partial charge in [0.1, 0.15) is 15.8 Å². The molecule has 0 N–H and O–H groups in total. The summed E-state index contributed by atoms with van der Waals surface area (Å²) in [6.07, 6.45) is 0.571. The van der Waals surface area contributed by atoms with E-state index in [-0.39, 0.29) is 18.5 Å². The van der Waals surface area contributed by atoms with E-state index < -0.39 is 10.5 Å². The van der Waals surface area contributed by atoms with Gasteiger partial charge in [-0.3, -0.25) is 14.5 Å². The van der Waals surface area contributed by atoms with E-state index in [2.05, 4.69) is 0 Å². The van der Waals surface area contributed by atoms with E-state index in [1.807, 2.05) is 47.8 Å². The van der Waals surface area contributed by atoms with Crippen LogP contribution in [0, 0.1) is 0 Å². The standard InChI is InChI=1S/C19H19NO4S2/c1-14(21)23-11-5-10-20-18(22)13-26(19(20)25)12-16-8-9-17(24-16)15-6-3-2-4-7-15/h2-4,6-9,12H,5,10-11,13H2,1H3. The van der Waals surface area contributed by atoms with E-state index >= 15 is 0 Å². The van der Waals surface area contributed by atoms with Crippen LogP contribution in [0.3, 0.4) is 0 Å². The first-order valence-electron chi connectivity index (χ1n) is 8.22. The van der Waals surface area contributed by atoms with Crippen molar-refractivity contribution >= 4 is 44.3 Å². The van der Waals surface area contributed by atoms with E-state index in [9.17, 15) is 9.59 Å². The number of benzene rings is 1. The van der Waals surface area contributed by atoms with E-state index in [1.54, 1.807) is 4.90 Å². The number of nitrogens with zero attached hydrogens (tertiary/aromatic N) is 1. The Hall–Kier alpha value is -2.25. The molecule has 5 nitrogen and oxygen atoms in total. The molecule has 1 saturated heterocycles. The molecule has 2 aromatic rings. The largest absolute Gasteiger partial charge is 0.466 e. The van der Waals surface area contributed by atoms with E-state index in [0.29, 0.717) is 28.8 Å². The van der Waals surface area contributed by atoms with Crippen LogP contribution >= 0.6 is 22.7 Å². The molecule has 7 heteroatoms. The molecule has 1 aromatic heterocycles. The van der Waals surface area contributed by atoms with Gasteiger partial charge in [0, 0.05) is 24.4 Å². The van der Waals surface area contributed by atoms with Crippen molar-refractivity contribution in [3.8, 4) is 11.3 Å². The lowest BCUT2D eigenvalue weighted by molar-refractivity contribution is -0.141. The lowest BCUT2D eigenvalue weighted by Crippen LogP contribution is -2.30. The molecule has 0 aliphatic carbocycles. The second-order valence-electron chi connectivity index (χ2n) is 5.76. The highest BCUT2D eigenvalue weighted by atomic mass is 32.2. The molecule has 2 heterocycles. The summed E-state index contributed by atoms with van der Waals surface area (Å²) in [7, 11) is -0.459. The Kier molecular flexibility index (Phi) is 6.00. The highest BCUT2D eigenvalue weighted by Gasteiger charge is 2.29. The number of hydrogen-bond acceptors (Lipinski definition) is 5. The molecule has 0 radical (unpaired) electrons. The maximum Gasteiger partial charge on any atom is 0.302 e. The Bertz CT molecular complexity index is 857. The fourth-order valence-electron chi connectivity index (χ4n) is 2.58. The smallest absolute Gasteiger partial charge is 0.302 e. The van der Waals surface area contributed by atoms with Gasteiger partial charge in [0.05, 0.1) is 12.4 Å². The first kappa shape index (κ1) is 18.5. The van der Waals surface area contributed by atoms with Gasteiger partial charge in [-0.05, 0) is 18.6 Å². The monoisotopic (exact) mass is 389 g/mol. The van der Waals surface area contributed by atoms with Crippen molar-refractivity contribution in [2.45, 2.75) is 13.3 Å². The summed E-state index contributed by atoms with van der Waals surface area (Å²) >= 11 is 5.48. The fraction of sp³-hybridized carbons (Fsp3) is 0.263. The molecule has 3 rings (SSSR count). The summed E-state index contributed by atoms with van der Waals surface area (Å²) in [4.78, 5) is 24.6. The van der Waals surface area contributed by atoms with Crippen LogP contribution < -0.4 is 0 Å². The summed E-state index contributed by atoms with van der Waals surface area (Å²) in [5.41, 5.74) is 1.01. The normalized spacial score (nSPS) is 17.1. The maximum absolute atomic E-state index is 12.2. The van der Waals surface area contributed by atoms with Crippen LogP contribution in [0.4, 0.5) is 0 Å². The molecule has 1 aliphatic heterocycles. The van der Waals surface area contributed by atoms with Crippen LogP contribution in [-0.2, 0) is 14.3 Å². The number of carbonyl (C=O) groups excluding carboxylic acids is 2. The summed E-state index contributed by atoms with van der Waals surface area (Å²) in [6.45, 7) is 2.12. The van der Waals surface area contributed by atoms with Crippen molar-refractivity contribution in [2.24, 2.45) is 0 Å². The average molecular weight is 389 g/mol. The zero-order chi connectivity index (χ0) is 18.5. The van der Waals surface area contributed by atoms with E-state index in [1.165, 1.54) is 6.92 Å². The van der Waals surface area contributed by atoms with Crippen molar-refractivity contribution < 1.29 is 18.7 Å². The van der Waals surface area contributed by atoms with Crippen LogP contribution in [0.2, 0.25) is 0 Å². The summed E-state index contributed by atoms with van der Waals surface area (Å²) in [5.74, 6) is 1.56. The molecule has 1 unspecified atom stereocenters. The van der Waals surface area contributed by atoms with Crippen LogP contribution in [-0.4, -0.2) is 45.4 Å². The van der Waals surface area contributed by atoms with Crippen LogP contribution in [0.5, 0.6) is 0 Å². The lowest BCUT2D eigenvalue weighted by Gasteiger charge is -2.15. The van der Waals surface area contributed by atoms with Gasteiger partial charge >= 0.3 is 5.97 Å². The first-order valence-corrected chi connectivity index (χ1v) is 10.1. The average Bonchev–Trinajstić information content (AvgIpc) is 3.19. The van der Waals surface area contributed by atoms with Gasteiger partial charge in [0.2, 0.25) is 5.91 Å². The highest BCUT2D eigenvalue weighted by Crippen LogP contribution is 2.29. The molecular formula is C19H19NO4S2. The molecule has 0 bridgehead atoms. The summed E-state index contributed by atoms with van der Waals surface area (Å²) < 4.78 is 11.4. The Morgan fingerprint density at radius 1 is 1.31 bits per heavy atom. The first-order chi connectivity index (χ1) is 12.5.